The molecule has 19 heavy (non-hydrogen) atoms. The van der Waals surface area contributed by atoms with Gasteiger partial charge < -0.3 is 9.67 Å². The molecule has 2 aromatic rings. The number of para-hydroxylation sites is 1. The van der Waals surface area contributed by atoms with Crippen LogP contribution >= 0.6 is 0 Å². The SMILES string of the molecule is Cc1ccccc1-n1c(C)cc(C=CC(=O)O)c1C. The van der Waals surface area contributed by atoms with E-state index in [2.05, 4.69) is 23.6 Å². The number of hydrogen-bond acceptors (Lipinski definition) is 1. The van der Waals surface area contributed by atoms with Crippen LogP contribution in [0, 0.1) is 20.8 Å². The van der Waals surface area contributed by atoms with Gasteiger partial charge in [-0.25, -0.2) is 4.79 Å². The summed E-state index contributed by atoms with van der Waals surface area (Å²) in [5.74, 6) is -0.930. The first-order valence-corrected chi connectivity index (χ1v) is 6.16. The molecular weight excluding hydrogens is 238 g/mol. The van der Waals surface area contributed by atoms with Crippen molar-refractivity contribution in [3.05, 3.63) is 58.9 Å². The molecule has 0 radical (unpaired) electrons. The third-order valence-corrected chi connectivity index (χ3v) is 3.23. The lowest BCUT2D eigenvalue weighted by Crippen LogP contribution is -2.01. The third-order valence-electron chi connectivity index (χ3n) is 3.23. The minimum absolute atomic E-state index is 0.930. The van der Waals surface area contributed by atoms with Crippen LogP contribution < -0.4 is 0 Å². The first-order valence-electron chi connectivity index (χ1n) is 6.16. The maximum atomic E-state index is 10.6. The maximum Gasteiger partial charge on any atom is 0.328 e. The first-order chi connectivity index (χ1) is 9.00. The molecule has 0 fully saturated rings. The van der Waals surface area contributed by atoms with E-state index in [4.69, 9.17) is 5.11 Å². The van der Waals surface area contributed by atoms with Crippen LogP contribution in [0.2, 0.25) is 0 Å². The summed E-state index contributed by atoms with van der Waals surface area (Å²) in [6.07, 6.45) is 2.81. The van der Waals surface area contributed by atoms with Gasteiger partial charge in [0, 0.05) is 23.2 Å². The summed E-state index contributed by atoms with van der Waals surface area (Å²) in [5.41, 5.74) is 5.40. The van der Waals surface area contributed by atoms with Crippen molar-refractivity contribution in [2.75, 3.05) is 0 Å². The van der Waals surface area contributed by atoms with Crippen molar-refractivity contribution in [1.82, 2.24) is 4.57 Å². The highest BCUT2D eigenvalue weighted by atomic mass is 16.4. The summed E-state index contributed by atoms with van der Waals surface area (Å²) in [7, 11) is 0. The zero-order valence-electron chi connectivity index (χ0n) is 11.3. The van der Waals surface area contributed by atoms with Gasteiger partial charge in [0.25, 0.3) is 0 Å². The Morgan fingerprint density at radius 1 is 1.21 bits per heavy atom. The van der Waals surface area contributed by atoms with Crippen molar-refractivity contribution in [3.8, 4) is 5.69 Å². The fourth-order valence-electron chi connectivity index (χ4n) is 2.30. The Hall–Kier alpha value is -2.29. The van der Waals surface area contributed by atoms with Gasteiger partial charge in [-0.05, 0) is 50.1 Å². The van der Waals surface area contributed by atoms with Gasteiger partial charge in [0.05, 0.1) is 0 Å². The number of hydrogen-bond donors (Lipinski definition) is 1. The average molecular weight is 255 g/mol. The highest BCUT2D eigenvalue weighted by Gasteiger charge is 2.10. The summed E-state index contributed by atoms with van der Waals surface area (Å²) >= 11 is 0. The Morgan fingerprint density at radius 2 is 1.89 bits per heavy atom. The number of carboxylic acid groups (broad SMARTS) is 1. The molecule has 0 aliphatic heterocycles. The molecule has 0 spiro atoms. The lowest BCUT2D eigenvalue weighted by Gasteiger charge is -2.12. The lowest BCUT2D eigenvalue weighted by molar-refractivity contribution is -0.131. The topological polar surface area (TPSA) is 42.2 Å². The Kier molecular flexibility index (Phi) is 3.56. The molecule has 0 amide bonds. The number of carbonyl (C=O) groups is 1. The summed E-state index contributed by atoms with van der Waals surface area (Å²) in [5, 5.41) is 8.71. The summed E-state index contributed by atoms with van der Waals surface area (Å²) in [6.45, 7) is 6.10. The van der Waals surface area contributed by atoms with Crippen LogP contribution in [0.25, 0.3) is 11.8 Å². The summed E-state index contributed by atoms with van der Waals surface area (Å²) in [6, 6.07) is 10.2. The second kappa shape index (κ2) is 5.14. The molecular formula is C16H17NO2. The molecule has 1 aromatic carbocycles. The first kappa shape index (κ1) is 13.1. The number of carboxylic acids is 1. The second-order valence-electron chi connectivity index (χ2n) is 4.62. The van der Waals surface area contributed by atoms with Crippen LogP contribution in [0.1, 0.15) is 22.5 Å². The predicted octanol–water partition coefficient (Wildman–Crippen LogP) is 3.50. The van der Waals surface area contributed by atoms with Gasteiger partial charge in [-0.3, -0.25) is 0 Å². The lowest BCUT2D eigenvalue weighted by atomic mass is 10.2. The minimum Gasteiger partial charge on any atom is -0.478 e. The van der Waals surface area contributed by atoms with Crippen molar-refractivity contribution in [1.29, 1.82) is 0 Å². The molecule has 0 saturated heterocycles. The molecule has 1 heterocycles. The molecule has 0 atom stereocenters. The quantitative estimate of drug-likeness (QED) is 0.853. The number of aryl methyl sites for hydroxylation is 2. The van der Waals surface area contributed by atoms with E-state index in [9.17, 15) is 4.79 Å². The van der Waals surface area contributed by atoms with Crippen molar-refractivity contribution < 1.29 is 9.90 Å². The third kappa shape index (κ3) is 2.60. The van der Waals surface area contributed by atoms with E-state index in [1.807, 2.05) is 32.0 Å². The van der Waals surface area contributed by atoms with Gasteiger partial charge >= 0.3 is 5.97 Å². The second-order valence-corrected chi connectivity index (χ2v) is 4.62. The van der Waals surface area contributed by atoms with Crippen molar-refractivity contribution in [2.24, 2.45) is 0 Å². The van der Waals surface area contributed by atoms with E-state index in [0.717, 1.165) is 22.6 Å². The molecule has 0 aliphatic rings. The average Bonchev–Trinajstić information content (AvgIpc) is 2.63. The molecule has 0 bridgehead atoms. The van der Waals surface area contributed by atoms with Crippen LogP contribution in [0.3, 0.4) is 0 Å². The Bertz CT molecular complexity index is 651. The van der Waals surface area contributed by atoms with Gasteiger partial charge in [0.2, 0.25) is 0 Å². The number of rotatable bonds is 3. The van der Waals surface area contributed by atoms with Crippen LogP contribution in [0.15, 0.2) is 36.4 Å². The van der Waals surface area contributed by atoms with Gasteiger partial charge in [0.1, 0.15) is 0 Å². The Balaban J connectivity index is 2.54. The van der Waals surface area contributed by atoms with E-state index < -0.39 is 5.97 Å². The molecule has 1 N–H and O–H groups in total. The molecule has 1 aromatic heterocycles. The fourth-order valence-corrected chi connectivity index (χ4v) is 2.30. The van der Waals surface area contributed by atoms with Gasteiger partial charge in [-0.15, -0.1) is 0 Å². The van der Waals surface area contributed by atoms with Gasteiger partial charge in [-0.2, -0.15) is 0 Å². The maximum absolute atomic E-state index is 10.6. The zero-order chi connectivity index (χ0) is 14.0. The van der Waals surface area contributed by atoms with Gasteiger partial charge in [-0.1, -0.05) is 18.2 Å². The molecule has 0 aliphatic carbocycles. The van der Waals surface area contributed by atoms with Crippen molar-refractivity contribution in [3.63, 3.8) is 0 Å². The molecule has 0 unspecified atom stereocenters. The molecule has 2 rings (SSSR count). The normalized spacial score (nSPS) is 11.1. The smallest absolute Gasteiger partial charge is 0.328 e. The van der Waals surface area contributed by atoms with E-state index in [1.165, 1.54) is 11.6 Å². The Labute approximate surface area is 112 Å². The highest BCUT2D eigenvalue weighted by Crippen LogP contribution is 2.23. The van der Waals surface area contributed by atoms with Crippen LogP contribution in [-0.4, -0.2) is 15.6 Å². The van der Waals surface area contributed by atoms with E-state index in [1.54, 1.807) is 6.08 Å². The van der Waals surface area contributed by atoms with Crippen LogP contribution in [0.5, 0.6) is 0 Å². The molecule has 0 saturated carbocycles. The van der Waals surface area contributed by atoms with E-state index in [0.29, 0.717) is 0 Å². The molecule has 98 valence electrons. The summed E-state index contributed by atoms with van der Waals surface area (Å²) < 4.78 is 2.15. The van der Waals surface area contributed by atoms with Crippen LogP contribution in [-0.2, 0) is 4.79 Å². The van der Waals surface area contributed by atoms with Crippen molar-refractivity contribution in [2.45, 2.75) is 20.8 Å². The van der Waals surface area contributed by atoms with E-state index in [-0.39, 0.29) is 0 Å². The monoisotopic (exact) mass is 255 g/mol. The minimum atomic E-state index is -0.930. The zero-order valence-corrected chi connectivity index (χ0v) is 11.3. The number of nitrogens with zero attached hydrogens (tertiary/aromatic N) is 1. The number of benzene rings is 1. The van der Waals surface area contributed by atoms with E-state index >= 15 is 0 Å². The molecule has 3 nitrogen and oxygen atoms in total. The fraction of sp³-hybridized carbons (Fsp3) is 0.188. The largest absolute Gasteiger partial charge is 0.478 e. The van der Waals surface area contributed by atoms with Crippen molar-refractivity contribution >= 4 is 12.0 Å². The predicted molar refractivity (Wildman–Crippen MR) is 76.6 cm³/mol. The highest BCUT2D eigenvalue weighted by molar-refractivity contribution is 5.85. The number of aliphatic carboxylic acids is 1. The molecule has 3 heteroatoms. The Morgan fingerprint density at radius 3 is 2.53 bits per heavy atom. The number of aromatic nitrogens is 1. The summed E-state index contributed by atoms with van der Waals surface area (Å²) in [4.78, 5) is 10.6. The standard InChI is InChI=1S/C16H17NO2/c1-11-6-4-5-7-15(11)17-12(2)10-14(13(17)3)8-9-16(18)19/h4-10H,1-3H3,(H,18,19). The van der Waals surface area contributed by atoms with Gasteiger partial charge in [0.15, 0.2) is 0 Å². The van der Waals surface area contributed by atoms with Crippen LogP contribution in [0.4, 0.5) is 0 Å².